The zero-order chi connectivity index (χ0) is 24.1. The summed E-state index contributed by atoms with van der Waals surface area (Å²) in [6.07, 6.45) is 1.95. The Morgan fingerprint density at radius 2 is 1.62 bits per heavy atom. The lowest BCUT2D eigenvalue weighted by atomic mass is 9.79. The normalized spacial score (nSPS) is 16.5. The molecule has 0 aliphatic heterocycles. The second kappa shape index (κ2) is 10.7. The van der Waals surface area contributed by atoms with Gasteiger partial charge in [-0.2, -0.15) is 0 Å². The standard InChI is InChI=1S/C26H30N2O6/c1-33-14-13-22(24(29)28-23(25(30)31)16-7-6-8-16)27-26(32)34-15-21-19-11-4-2-9-17(19)18-10-3-5-12-20(18)21/h2-5,9-12,16,21-23H,6-8,13-15H2,1H3,(H,27,32)(H,28,29)(H,30,31). The molecule has 0 heterocycles. The molecule has 2 amide bonds. The lowest BCUT2D eigenvalue weighted by Gasteiger charge is -2.32. The van der Waals surface area contributed by atoms with Gasteiger partial charge in [-0.1, -0.05) is 55.0 Å². The summed E-state index contributed by atoms with van der Waals surface area (Å²) in [5, 5.41) is 14.7. The first kappa shape index (κ1) is 23.8. The molecule has 34 heavy (non-hydrogen) atoms. The van der Waals surface area contributed by atoms with Crippen LogP contribution in [-0.2, 0) is 19.1 Å². The van der Waals surface area contributed by atoms with Crippen LogP contribution in [0.15, 0.2) is 48.5 Å². The third-order valence-corrected chi connectivity index (χ3v) is 6.75. The van der Waals surface area contributed by atoms with Crippen LogP contribution in [0.2, 0.25) is 0 Å². The molecule has 1 fully saturated rings. The molecule has 4 rings (SSSR count). The molecule has 0 radical (unpaired) electrons. The van der Waals surface area contributed by atoms with E-state index in [1.54, 1.807) is 0 Å². The van der Waals surface area contributed by atoms with Gasteiger partial charge in [0, 0.05) is 26.1 Å². The molecule has 2 aliphatic rings. The third-order valence-electron chi connectivity index (χ3n) is 6.75. The molecule has 2 unspecified atom stereocenters. The van der Waals surface area contributed by atoms with Crippen molar-refractivity contribution in [3.63, 3.8) is 0 Å². The lowest BCUT2D eigenvalue weighted by Crippen LogP contribution is -2.55. The van der Waals surface area contributed by atoms with E-state index in [2.05, 4.69) is 22.8 Å². The highest BCUT2D eigenvalue weighted by Crippen LogP contribution is 2.44. The number of aliphatic carboxylic acids is 1. The van der Waals surface area contributed by atoms with Gasteiger partial charge in [0.1, 0.15) is 18.7 Å². The van der Waals surface area contributed by atoms with E-state index in [-0.39, 0.29) is 31.5 Å². The van der Waals surface area contributed by atoms with E-state index in [0.717, 1.165) is 41.5 Å². The molecule has 0 spiro atoms. The number of fused-ring (bicyclic) bond motifs is 3. The first-order chi connectivity index (χ1) is 16.5. The minimum atomic E-state index is -1.07. The number of hydrogen-bond donors (Lipinski definition) is 3. The zero-order valence-electron chi connectivity index (χ0n) is 19.2. The number of alkyl carbamates (subject to hydrolysis) is 1. The fraction of sp³-hybridized carbons (Fsp3) is 0.423. The summed E-state index contributed by atoms with van der Waals surface area (Å²) < 4.78 is 10.6. The molecule has 0 saturated heterocycles. The van der Waals surface area contributed by atoms with Gasteiger partial charge in [0.25, 0.3) is 0 Å². The fourth-order valence-electron chi connectivity index (χ4n) is 4.70. The number of ether oxygens (including phenoxy) is 2. The van der Waals surface area contributed by atoms with Crippen molar-refractivity contribution in [2.45, 2.75) is 43.7 Å². The van der Waals surface area contributed by atoms with Gasteiger partial charge in [0.05, 0.1) is 0 Å². The van der Waals surface area contributed by atoms with Gasteiger partial charge < -0.3 is 25.2 Å². The summed E-state index contributed by atoms with van der Waals surface area (Å²) in [6.45, 7) is 0.348. The highest BCUT2D eigenvalue weighted by Gasteiger charge is 2.36. The van der Waals surface area contributed by atoms with E-state index in [9.17, 15) is 19.5 Å². The van der Waals surface area contributed by atoms with E-state index in [1.165, 1.54) is 7.11 Å². The Labute approximate surface area is 198 Å². The quantitative estimate of drug-likeness (QED) is 0.495. The Bertz CT molecular complexity index is 1010. The number of carbonyl (C=O) groups excluding carboxylic acids is 2. The summed E-state index contributed by atoms with van der Waals surface area (Å²) >= 11 is 0. The molecular formula is C26H30N2O6. The maximum Gasteiger partial charge on any atom is 0.407 e. The molecular weight excluding hydrogens is 436 g/mol. The van der Waals surface area contributed by atoms with E-state index in [0.29, 0.717) is 0 Å². The van der Waals surface area contributed by atoms with Crippen LogP contribution < -0.4 is 10.6 Å². The van der Waals surface area contributed by atoms with Gasteiger partial charge in [-0.15, -0.1) is 0 Å². The molecule has 0 bridgehead atoms. The predicted molar refractivity (Wildman–Crippen MR) is 125 cm³/mol. The van der Waals surface area contributed by atoms with Crippen molar-refractivity contribution in [2.75, 3.05) is 20.3 Å². The number of rotatable bonds is 10. The van der Waals surface area contributed by atoms with Crippen molar-refractivity contribution in [1.29, 1.82) is 0 Å². The molecule has 2 aromatic rings. The molecule has 2 atom stereocenters. The van der Waals surface area contributed by atoms with Crippen LogP contribution in [0.25, 0.3) is 11.1 Å². The second-order valence-corrected chi connectivity index (χ2v) is 8.82. The van der Waals surface area contributed by atoms with Crippen LogP contribution in [0, 0.1) is 5.92 Å². The average molecular weight is 467 g/mol. The van der Waals surface area contributed by atoms with E-state index in [1.807, 2.05) is 36.4 Å². The molecule has 2 aromatic carbocycles. The zero-order valence-corrected chi connectivity index (χ0v) is 19.2. The van der Waals surface area contributed by atoms with Crippen LogP contribution in [0.3, 0.4) is 0 Å². The van der Waals surface area contributed by atoms with Gasteiger partial charge in [-0.05, 0) is 41.0 Å². The van der Waals surface area contributed by atoms with Crippen LogP contribution in [-0.4, -0.2) is 55.5 Å². The molecule has 1 saturated carbocycles. The number of carbonyl (C=O) groups is 3. The predicted octanol–water partition coefficient (Wildman–Crippen LogP) is 3.30. The average Bonchev–Trinajstić information content (AvgIpc) is 3.12. The second-order valence-electron chi connectivity index (χ2n) is 8.82. The summed E-state index contributed by atoms with van der Waals surface area (Å²) in [6, 6.07) is 14.1. The van der Waals surface area contributed by atoms with Crippen LogP contribution >= 0.6 is 0 Å². The number of carboxylic acids is 1. The third kappa shape index (κ3) is 5.07. The highest BCUT2D eigenvalue weighted by molar-refractivity contribution is 5.89. The Morgan fingerprint density at radius 1 is 1.00 bits per heavy atom. The molecule has 3 N–H and O–H groups in total. The minimum Gasteiger partial charge on any atom is -0.480 e. The first-order valence-corrected chi connectivity index (χ1v) is 11.6. The highest BCUT2D eigenvalue weighted by atomic mass is 16.5. The SMILES string of the molecule is COCCC(NC(=O)OCC1c2ccccc2-c2ccccc21)C(=O)NC(C(=O)O)C1CCC1. The summed E-state index contributed by atoms with van der Waals surface area (Å²) in [5.74, 6) is -1.80. The van der Waals surface area contributed by atoms with E-state index < -0.39 is 30.1 Å². The Hall–Kier alpha value is -3.39. The van der Waals surface area contributed by atoms with Gasteiger partial charge in [0.15, 0.2) is 0 Å². The Morgan fingerprint density at radius 3 is 2.15 bits per heavy atom. The van der Waals surface area contributed by atoms with Crippen molar-refractivity contribution in [3.05, 3.63) is 59.7 Å². The lowest BCUT2D eigenvalue weighted by molar-refractivity contribution is -0.144. The maximum atomic E-state index is 12.8. The topological polar surface area (TPSA) is 114 Å². The fourth-order valence-corrected chi connectivity index (χ4v) is 4.70. The molecule has 180 valence electrons. The first-order valence-electron chi connectivity index (χ1n) is 11.6. The van der Waals surface area contributed by atoms with Crippen molar-refractivity contribution in [2.24, 2.45) is 5.92 Å². The minimum absolute atomic E-state index is 0.0843. The van der Waals surface area contributed by atoms with Crippen molar-refractivity contribution in [1.82, 2.24) is 10.6 Å². The van der Waals surface area contributed by atoms with Gasteiger partial charge in [0.2, 0.25) is 5.91 Å². The van der Waals surface area contributed by atoms with Crippen LogP contribution in [0.4, 0.5) is 4.79 Å². The molecule has 0 aromatic heterocycles. The summed E-state index contributed by atoms with van der Waals surface area (Å²) in [4.78, 5) is 37.1. The van der Waals surface area contributed by atoms with Crippen molar-refractivity contribution < 1.29 is 29.0 Å². The van der Waals surface area contributed by atoms with Crippen molar-refractivity contribution >= 4 is 18.0 Å². The van der Waals surface area contributed by atoms with Gasteiger partial charge in [-0.3, -0.25) is 4.79 Å². The number of nitrogens with one attached hydrogen (secondary N) is 2. The summed E-state index contributed by atoms with van der Waals surface area (Å²) in [5.41, 5.74) is 4.44. The molecule has 8 nitrogen and oxygen atoms in total. The molecule has 8 heteroatoms. The Kier molecular flexibility index (Phi) is 7.47. The number of carboxylic acid groups (broad SMARTS) is 1. The smallest absolute Gasteiger partial charge is 0.407 e. The van der Waals surface area contributed by atoms with Crippen molar-refractivity contribution in [3.8, 4) is 11.1 Å². The number of benzene rings is 2. The number of amides is 2. The van der Waals surface area contributed by atoms with E-state index in [4.69, 9.17) is 9.47 Å². The summed E-state index contributed by atoms with van der Waals surface area (Å²) in [7, 11) is 1.50. The van der Waals surface area contributed by atoms with Gasteiger partial charge in [-0.25, -0.2) is 9.59 Å². The molecule has 2 aliphatic carbocycles. The number of hydrogen-bond acceptors (Lipinski definition) is 5. The Balaban J connectivity index is 1.39. The van der Waals surface area contributed by atoms with E-state index >= 15 is 0 Å². The maximum absolute atomic E-state index is 12.8. The van der Waals surface area contributed by atoms with Crippen LogP contribution in [0.5, 0.6) is 0 Å². The number of methoxy groups -OCH3 is 1. The van der Waals surface area contributed by atoms with Gasteiger partial charge >= 0.3 is 12.1 Å². The largest absolute Gasteiger partial charge is 0.480 e. The monoisotopic (exact) mass is 466 g/mol. The van der Waals surface area contributed by atoms with Crippen LogP contribution in [0.1, 0.15) is 42.7 Å².